The van der Waals surface area contributed by atoms with Crippen LogP contribution in [0.3, 0.4) is 0 Å². The summed E-state index contributed by atoms with van der Waals surface area (Å²) in [5.74, 6) is -0.180. The molecule has 0 fully saturated rings. The number of thiazole rings is 1. The van der Waals surface area contributed by atoms with E-state index in [1.807, 2.05) is 50.3 Å². The summed E-state index contributed by atoms with van der Waals surface area (Å²) in [5, 5.41) is 13.6. The zero-order chi connectivity index (χ0) is 23.4. The van der Waals surface area contributed by atoms with Gasteiger partial charge in [-0.15, -0.1) is 11.3 Å². The molecule has 33 heavy (non-hydrogen) atoms. The lowest BCUT2D eigenvalue weighted by Crippen LogP contribution is -2.04. The van der Waals surface area contributed by atoms with Crippen molar-refractivity contribution in [3.05, 3.63) is 93.6 Å². The van der Waals surface area contributed by atoms with E-state index in [1.165, 1.54) is 16.5 Å². The molecule has 1 N–H and O–H groups in total. The first-order chi connectivity index (χ1) is 15.9. The highest BCUT2D eigenvalue weighted by molar-refractivity contribution is 7.09. The molecule has 0 aliphatic rings. The van der Waals surface area contributed by atoms with E-state index in [2.05, 4.69) is 46.3 Å². The van der Waals surface area contributed by atoms with Crippen molar-refractivity contribution in [2.45, 2.75) is 46.3 Å². The van der Waals surface area contributed by atoms with Gasteiger partial charge in [-0.2, -0.15) is 0 Å². The van der Waals surface area contributed by atoms with Gasteiger partial charge in [-0.05, 0) is 61.0 Å². The van der Waals surface area contributed by atoms with Crippen molar-refractivity contribution in [2.75, 3.05) is 0 Å². The molecule has 0 aliphatic carbocycles. The molecule has 1 atom stereocenters. The van der Waals surface area contributed by atoms with Crippen molar-refractivity contribution in [3.8, 4) is 5.75 Å². The van der Waals surface area contributed by atoms with Gasteiger partial charge in [-0.25, -0.2) is 4.98 Å². The van der Waals surface area contributed by atoms with Gasteiger partial charge < -0.3 is 14.4 Å². The molecular weight excluding hydrogens is 432 g/mol. The molecule has 0 saturated heterocycles. The summed E-state index contributed by atoms with van der Waals surface area (Å²) in [4.78, 5) is 15.8. The average Bonchev–Trinajstić information content (AvgIpc) is 3.39. The van der Waals surface area contributed by atoms with Crippen molar-refractivity contribution in [2.24, 2.45) is 0 Å². The van der Waals surface area contributed by atoms with Crippen LogP contribution in [0.4, 0.5) is 0 Å². The molecular formula is C27H28N2O3S. The van der Waals surface area contributed by atoms with Crippen molar-refractivity contribution >= 4 is 28.2 Å². The standard InChI is InChI=1S/C27H28N2O3S/c1-4-5-22(14-26(30)31)20-8-10-25(11-9-20)32-16-23-7-6-21-12-13-29(27(21)18(23)2)15-24-17-33-19(3)28-24/h4-13,17,22H,14-16H2,1-3H3,(H,30,31)/t22-/m1/s1. The van der Waals surface area contributed by atoms with Crippen LogP contribution in [0.15, 0.2) is 66.2 Å². The molecule has 4 rings (SSSR count). The van der Waals surface area contributed by atoms with Crippen molar-refractivity contribution < 1.29 is 14.6 Å². The molecule has 2 heterocycles. The number of carboxylic acid groups (broad SMARTS) is 1. The van der Waals surface area contributed by atoms with Gasteiger partial charge in [0.25, 0.3) is 0 Å². The molecule has 0 radical (unpaired) electrons. The number of benzene rings is 2. The number of rotatable bonds is 9. The Balaban J connectivity index is 1.49. The van der Waals surface area contributed by atoms with Gasteiger partial charge in [0.1, 0.15) is 12.4 Å². The SMILES string of the molecule is CC=C[C@H](CC(=O)O)c1ccc(OCc2ccc3ccn(Cc4csc(C)n4)c3c2C)cc1. The molecule has 2 aromatic carbocycles. The van der Waals surface area contributed by atoms with E-state index >= 15 is 0 Å². The highest BCUT2D eigenvalue weighted by Crippen LogP contribution is 2.27. The van der Waals surface area contributed by atoms with E-state index in [0.717, 1.165) is 34.1 Å². The molecule has 0 spiro atoms. The van der Waals surface area contributed by atoms with Crippen LogP contribution in [0.2, 0.25) is 0 Å². The minimum atomic E-state index is -0.807. The smallest absolute Gasteiger partial charge is 0.304 e. The third-order valence-electron chi connectivity index (χ3n) is 5.82. The Bertz CT molecular complexity index is 1280. The monoisotopic (exact) mass is 460 g/mol. The van der Waals surface area contributed by atoms with E-state index in [4.69, 9.17) is 9.84 Å². The van der Waals surface area contributed by atoms with E-state index in [-0.39, 0.29) is 12.3 Å². The van der Waals surface area contributed by atoms with Gasteiger partial charge in [0.2, 0.25) is 0 Å². The van der Waals surface area contributed by atoms with Gasteiger partial charge in [-0.3, -0.25) is 4.79 Å². The molecule has 0 bridgehead atoms. The fourth-order valence-corrected chi connectivity index (χ4v) is 4.76. The van der Waals surface area contributed by atoms with Gasteiger partial charge in [0.05, 0.1) is 29.2 Å². The van der Waals surface area contributed by atoms with Crippen LogP contribution in [0, 0.1) is 13.8 Å². The molecule has 170 valence electrons. The van der Waals surface area contributed by atoms with E-state index in [0.29, 0.717) is 6.61 Å². The summed E-state index contributed by atoms with van der Waals surface area (Å²) >= 11 is 1.68. The Morgan fingerprint density at radius 2 is 1.97 bits per heavy atom. The number of aliphatic carboxylic acids is 1. The predicted molar refractivity (Wildman–Crippen MR) is 133 cm³/mol. The number of hydrogen-bond acceptors (Lipinski definition) is 4. The van der Waals surface area contributed by atoms with E-state index in [1.54, 1.807) is 11.3 Å². The lowest BCUT2D eigenvalue weighted by Gasteiger charge is -2.14. The number of aryl methyl sites for hydroxylation is 2. The Morgan fingerprint density at radius 1 is 1.18 bits per heavy atom. The first-order valence-electron chi connectivity index (χ1n) is 11.0. The molecule has 5 nitrogen and oxygen atoms in total. The largest absolute Gasteiger partial charge is 0.489 e. The Kier molecular flexibility index (Phi) is 6.94. The van der Waals surface area contributed by atoms with Crippen LogP contribution >= 0.6 is 11.3 Å². The maximum absolute atomic E-state index is 11.2. The summed E-state index contributed by atoms with van der Waals surface area (Å²) in [7, 11) is 0. The van der Waals surface area contributed by atoms with Gasteiger partial charge in [0, 0.05) is 17.5 Å². The average molecular weight is 461 g/mol. The van der Waals surface area contributed by atoms with Crippen LogP contribution in [-0.4, -0.2) is 20.6 Å². The number of aromatic nitrogens is 2. The normalized spacial score (nSPS) is 12.5. The second-order valence-electron chi connectivity index (χ2n) is 8.18. The summed E-state index contributed by atoms with van der Waals surface area (Å²) < 4.78 is 8.33. The molecule has 0 saturated carbocycles. The fourth-order valence-electron chi connectivity index (χ4n) is 4.16. The first kappa shape index (κ1) is 22.8. The summed E-state index contributed by atoms with van der Waals surface area (Å²) in [6.45, 7) is 7.29. The van der Waals surface area contributed by atoms with Crippen LogP contribution < -0.4 is 4.74 Å². The van der Waals surface area contributed by atoms with Crippen LogP contribution in [0.25, 0.3) is 10.9 Å². The first-order valence-corrected chi connectivity index (χ1v) is 11.9. The molecule has 2 aromatic heterocycles. The highest BCUT2D eigenvalue weighted by Gasteiger charge is 2.13. The van der Waals surface area contributed by atoms with Gasteiger partial charge >= 0.3 is 5.97 Å². The second kappa shape index (κ2) is 10.0. The zero-order valence-corrected chi connectivity index (χ0v) is 19.9. The lowest BCUT2D eigenvalue weighted by atomic mass is 9.95. The number of allylic oxidation sites excluding steroid dienone is 2. The number of hydrogen-bond donors (Lipinski definition) is 1. The minimum absolute atomic E-state index is 0.0733. The number of fused-ring (bicyclic) bond motifs is 1. The Labute approximate surface area is 198 Å². The molecule has 0 amide bonds. The number of carbonyl (C=O) groups is 1. The maximum atomic E-state index is 11.2. The van der Waals surface area contributed by atoms with Crippen LogP contribution in [0.1, 0.15) is 46.7 Å². The quantitative estimate of drug-likeness (QED) is 0.291. The van der Waals surface area contributed by atoms with Crippen molar-refractivity contribution in [1.29, 1.82) is 0 Å². The number of carboxylic acids is 1. The van der Waals surface area contributed by atoms with Crippen molar-refractivity contribution in [3.63, 3.8) is 0 Å². The molecule has 6 heteroatoms. The maximum Gasteiger partial charge on any atom is 0.304 e. The van der Waals surface area contributed by atoms with Crippen LogP contribution in [0.5, 0.6) is 5.75 Å². The lowest BCUT2D eigenvalue weighted by molar-refractivity contribution is -0.137. The Hall–Kier alpha value is -3.38. The number of nitrogens with zero attached hydrogens (tertiary/aromatic N) is 2. The van der Waals surface area contributed by atoms with E-state index < -0.39 is 5.97 Å². The molecule has 4 aromatic rings. The predicted octanol–water partition coefficient (Wildman–Crippen LogP) is 6.48. The fraction of sp³-hybridized carbons (Fsp3) is 0.259. The topological polar surface area (TPSA) is 64.3 Å². The third kappa shape index (κ3) is 5.34. The van der Waals surface area contributed by atoms with Gasteiger partial charge in [-0.1, -0.05) is 36.4 Å². The second-order valence-corrected chi connectivity index (χ2v) is 9.24. The third-order valence-corrected chi connectivity index (χ3v) is 6.64. The Morgan fingerprint density at radius 3 is 2.64 bits per heavy atom. The van der Waals surface area contributed by atoms with Crippen molar-refractivity contribution in [1.82, 2.24) is 9.55 Å². The highest BCUT2D eigenvalue weighted by atomic mass is 32.1. The van der Waals surface area contributed by atoms with Gasteiger partial charge in [0.15, 0.2) is 0 Å². The molecule has 0 aliphatic heterocycles. The summed E-state index contributed by atoms with van der Waals surface area (Å²) in [6.07, 6.45) is 6.00. The van der Waals surface area contributed by atoms with Crippen LogP contribution in [-0.2, 0) is 17.9 Å². The number of ether oxygens (including phenoxy) is 1. The van der Waals surface area contributed by atoms with E-state index in [9.17, 15) is 4.79 Å². The minimum Gasteiger partial charge on any atom is -0.489 e. The molecule has 0 unspecified atom stereocenters. The summed E-state index contributed by atoms with van der Waals surface area (Å²) in [5.41, 5.74) is 5.60. The zero-order valence-electron chi connectivity index (χ0n) is 19.1. The summed E-state index contributed by atoms with van der Waals surface area (Å²) in [6, 6.07) is 14.1.